The molecule has 0 spiro atoms. The van der Waals surface area contributed by atoms with Crippen LogP contribution in [-0.4, -0.2) is 218 Å². The summed E-state index contributed by atoms with van der Waals surface area (Å²) in [5, 5.41) is 5.53. The van der Waals surface area contributed by atoms with Gasteiger partial charge in [-0.15, -0.1) is 0 Å². The smallest absolute Gasteiger partial charge is 0.330 e. The lowest BCUT2D eigenvalue weighted by Gasteiger charge is -2.20. The second-order valence-electron chi connectivity index (χ2n) is 15.8. The Labute approximate surface area is 410 Å². The van der Waals surface area contributed by atoms with Crippen molar-refractivity contribution >= 4 is 36.8 Å². The van der Waals surface area contributed by atoms with Gasteiger partial charge in [0.05, 0.1) is 143 Å². The fourth-order valence-electron chi connectivity index (χ4n) is 5.76. The maximum atomic E-state index is 13.3. The third-order valence-corrected chi connectivity index (χ3v) is 11.6. The van der Waals surface area contributed by atoms with E-state index in [1.54, 1.807) is 35.2 Å². The zero-order valence-electron chi connectivity index (χ0n) is 42.2. The van der Waals surface area contributed by atoms with Gasteiger partial charge in [-0.1, -0.05) is 13.8 Å². The predicted molar refractivity (Wildman–Crippen MR) is 254 cm³/mol. The van der Waals surface area contributed by atoms with Gasteiger partial charge in [0.2, 0.25) is 11.8 Å². The molecule has 3 unspecified atom stereocenters. The number of hydrogen-bond acceptors (Lipinski definition) is 19. The van der Waals surface area contributed by atoms with E-state index in [-0.39, 0.29) is 102 Å². The molecule has 0 aromatic rings. The molecule has 23 heteroatoms. The zero-order chi connectivity index (χ0) is 51.1. The quantitative estimate of drug-likeness (QED) is 0.0584. The average Bonchev–Trinajstić information content (AvgIpc) is 3.32. The van der Waals surface area contributed by atoms with Crippen molar-refractivity contribution in [2.24, 2.45) is 0 Å². The van der Waals surface area contributed by atoms with Crippen molar-refractivity contribution in [2.75, 3.05) is 167 Å². The minimum atomic E-state index is -3.58. The van der Waals surface area contributed by atoms with Crippen LogP contribution in [-0.2, 0) is 89.9 Å². The van der Waals surface area contributed by atoms with Gasteiger partial charge >= 0.3 is 7.60 Å². The Morgan fingerprint density at radius 3 is 1.12 bits per heavy atom. The normalized spacial score (nSPS) is 13.3. The first-order chi connectivity index (χ1) is 33.4. The third-order valence-electron chi connectivity index (χ3n) is 9.77. The molecule has 0 bridgehead atoms. The molecule has 0 fully saturated rings. The van der Waals surface area contributed by atoms with Crippen LogP contribution in [0.3, 0.4) is 0 Å². The van der Waals surface area contributed by atoms with Gasteiger partial charge in [-0.3, -0.25) is 28.5 Å². The van der Waals surface area contributed by atoms with Gasteiger partial charge in [0.25, 0.3) is 0 Å². The third kappa shape index (κ3) is 43.0. The molecule has 0 aliphatic rings. The summed E-state index contributed by atoms with van der Waals surface area (Å²) in [5.41, 5.74) is -0.463. The van der Waals surface area contributed by atoms with E-state index in [0.29, 0.717) is 132 Å². The number of ether oxygens (including phenoxy) is 12. The molecule has 0 saturated heterocycles. The molecule has 3 N–H and O–H groups in total. The van der Waals surface area contributed by atoms with Gasteiger partial charge < -0.3 is 76.9 Å². The minimum Gasteiger partial charge on any atom is -0.382 e. The Bertz CT molecular complexity index is 1330. The molecule has 0 rings (SSSR count). The number of Topliss-reactive ketones (excluding diaryl/α,β-unsaturated/α-hetero) is 3. The molecule has 0 aromatic heterocycles. The van der Waals surface area contributed by atoms with E-state index >= 15 is 0 Å². The lowest BCUT2D eigenvalue weighted by Crippen LogP contribution is -2.44. The Hall–Kier alpha value is -2.38. The van der Waals surface area contributed by atoms with Crippen LogP contribution in [0.4, 0.5) is 0 Å². The molecule has 22 nitrogen and oxygen atoms in total. The number of amides is 2. The van der Waals surface area contributed by atoms with Gasteiger partial charge in [0, 0.05) is 79.7 Å². The minimum absolute atomic E-state index is 0.00125. The Balaban J connectivity index is 4.68. The Morgan fingerprint density at radius 1 is 0.406 bits per heavy atom. The summed E-state index contributed by atoms with van der Waals surface area (Å²) in [6.07, 6.45) is 1.95. The zero-order valence-corrected chi connectivity index (χ0v) is 43.1. The summed E-state index contributed by atoms with van der Waals surface area (Å²) in [4.78, 5) is 75.1. The van der Waals surface area contributed by atoms with Gasteiger partial charge in [0.15, 0.2) is 11.6 Å². The molecule has 0 saturated carbocycles. The topological polar surface area (TPSA) is 267 Å². The highest BCUT2D eigenvalue weighted by Gasteiger charge is 2.26. The molecule has 0 aromatic carbocycles. The van der Waals surface area contributed by atoms with Crippen molar-refractivity contribution in [1.29, 1.82) is 0 Å². The number of hydrogen-bond donors (Lipinski definition) is 3. The lowest BCUT2D eigenvalue weighted by molar-refractivity contribution is -0.130. The highest BCUT2D eigenvalue weighted by molar-refractivity contribution is 7.53. The molecular weight excluding hydrogens is 931 g/mol. The average molecular weight is 1020 g/mol. The SMILES string of the molecule is COCCOCCCC(=O)CCC(NC(=O)CCC(NC(=O)CCOCCOCCOCCOCCOCCOCCOP(=O)(O)C(C)C)C(=O)CCCOCCOC)C(=O)CCCOCCOC. The standard InChI is InChI=1S/C46H87N2O20P/c1-39(2)69(54,55)68-38-37-67-36-35-66-34-33-65-32-31-64-30-29-63-28-27-62-20-16-46(53)48-42(44(51)11-8-19-61-26-23-58-5)14-15-45(52)47-41(43(50)10-7-18-60-25-22-57-4)13-12-40(49)9-6-17-59-24-21-56-3/h39,41-42H,6-38H2,1-5H3,(H,47,52)(H,48,53)(H,54,55). The molecule has 3 atom stereocenters. The molecule has 2 amide bonds. The number of rotatable bonds is 54. The van der Waals surface area contributed by atoms with Crippen molar-refractivity contribution in [3.05, 3.63) is 0 Å². The van der Waals surface area contributed by atoms with Crippen LogP contribution in [0.15, 0.2) is 0 Å². The summed E-state index contributed by atoms with van der Waals surface area (Å²) in [5.74, 6) is -1.44. The van der Waals surface area contributed by atoms with Crippen molar-refractivity contribution in [2.45, 2.75) is 102 Å². The largest absolute Gasteiger partial charge is 0.382 e. The summed E-state index contributed by atoms with van der Waals surface area (Å²) < 4.78 is 80.7. The van der Waals surface area contributed by atoms with Crippen molar-refractivity contribution in [1.82, 2.24) is 10.6 Å². The first kappa shape index (κ1) is 66.6. The van der Waals surface area contributed by atoms with E-state index in [9.17, 15) is 33.4 Å². The summed E-state index contributed by atoms with van der Waals surface area (Å²) in [6, 6.07) is -1.86. The van der Waals surface area contributed by atoms with Crippen LogP contribution < -0.4 is 10.6 Å². The van der Waals surface area contributed by atoms with Crippen LogP contribution in [0.25, 0.3) is 0 Å². The number of ketones is 3. The first-order valence-corrected chi connectivity index (χ1v) is 25.8. The van der Waals surface area contributed by atoms with E-state index < -0.39 is 37.2 Å². The molecule has 0 heterocycles. The molecule has 0 radical (unpaired) electrons. The predicted octanol–water partition coefficient (Wildman–Crippen LogP) is 2.65. The van der Waals surface area contributed by atoms with Crippen LogP contribution in [0, 0.1) is 0 Å². The monoisotopic (exact) mass is 1020 g/mol. The van der Waals surface area contributed by atoms with Crippen molar-refractivity contribution < 1.29 is 94.8 Å². The maximum Gasteiger partial charge on any atom is 0.330 e. The van der Waals surface area contributed by atoms with Gasteiger partial charge in [-0.25, -0.2) is 0 Å². The number of nitrogens with one attached hydrogen (secondary N) is 2. The van der Waals surface area contributed by atoms with Crippen molar-refractivity contribution in [3.8, 4) is 0 Å². The lowest BCUT2D eigenvalue weighted by atomic mass is 9.99. The highest BCUT2D eigenvalue weighted by Crippen LogP contribution is 2.46. The van der Waals surface area contributed by atoms with Crippen LogP contribution in [0.1, 0.15) is 84.5 Å². The number of carbonyl (C=O) groups is 5. The van der Waals surface area contributed by atoms with E-state index in [1.165, 1.54) is 0 Å². The second-order valence-corrected chi connectivity index (χ2v) is 18.2. The first-order valence-electron chi connectivity index (χ1n) is 24.2. The fraction of sp³-hybridized carbons (Fsp3) is 0.891. The Kier molecular flexibility index (Phi) is 46.3. The molecule has 0 aliphatic carbocycles. The molecule has 69 heavy (non-hydrogen) atoms. The molecular formula is C46H87N2O20P. The molecule has 0 aliphatic heterocycles. The van der Waals surface area contributed by atoms with Crippen LogP contribution in [0.5, 0.6) is 0 Å². The van der Waals surface area contributed by atoms with Gasteiger partial charge in [-0.05, 0) is 32.1 Å². The van der Waals surface area contributed by atoms with Crippen LogP contribution >= 0.6 is 7.60 Å². The highest BCUT2D eigenvalue weighted by atomic mass is 31.2. The second kappa shape index (κ2) is 47.9. The van der Waals surface area contributed by atoms with Crippen molar-refractivity contribution in [3.63, 3.8) is 0 Å². The van der Waals surface area contributed by atoms with Gasteiger partial charge in [-0.2, -0.15) is 0 Å². The van der Waals surface area contributed by atoms with E-state index in [2.05, 4.69) is 10.6 Å². The van der Waals surface area contributed by atoms with E-state index in [4.69, 9.17) is 61.4 Å². The van der Waals surface area contributed by atoms with E-state index in [0.717, 1.165) is 0 Å². The number of carbonyl (C=O) groups excluding carboxylic acids is 5. The molecule has 406 valence electrons. The van der Waals surface area contributed by atoms with Crippen LogP contribution in [0.2, 0.25) is 0 Å². The maximum absolute atomic E-state index is 13.3. The summed E-state index contributed by atoms with van der Waals surface area (Å²) in [6.45, 7) is 10.5. The van der Waals surface area contributed by atoms with E-state index in [1.807, 2.05) is 0 Å². The summed E-state index contributed by atoms with van der Waals surface area (Å²) in [7, 11) is 1.12. The number of methoxy groups -OCH3 is 3. The summed E-state index contributed by atoms with van der Waals surface area (Å²) >= 11 is 0. The van der Waals surface area contributed by atoms with Gasteiger partial charge in [0.1, 0.15) is 5.78 Å². The fourth-order valence-corrected chi connectivity index (χ4v) is 6.39. The Morgan fingerprint density at radius 2 is 0.725 bits per heavy atom.